The number of rotatable bonds is 5. The van der Waals surface area contributed by atoms with E-state index in [1.54, 1.807) is 6.92 Å². The molecule has 0 saturated heterocycles. The number of anilines is 2. The summed E-state index contributed by atoms with van der Waals surface area (Å²) in [7, 11) is 0. The number of hydrogen-bond donors (Lipinski definition) is 3. The van der Waals surface area contributed by atoms with Gasteiger partial charge in [-0.3, -0.25) is 4.79 Å². The van der Waals surface area contributed by atoms with E-state index < -0.39 is 5.91 Å². The second kappa shape index (κ2) is 5.34. The molecule has 100 valence electrons. The van der Waals surface area contributed by atoms with Crippen LogP contribution in [0.15, 0.2) is 16.8 Å². The molecule has 0 aliphatic rings. The molecule has 0 aromatic carbocycles. The molecule has 2 aromatic heterocycles. The second-order valence-corrected chi connectivity index (χ2v) is 3.93. The number of nitrogens with one attached hydrogen (secondary N) is 1. The van der Waals surface area contributed by atoms with Crippen LogP contribution in [0.4, 0.5) is 11.5 Å². The molecule has 2 aromatic rings. The molecule has 0 atom stereocenters. The lowest BCUT2D eigenvalue weighted by atomic mass is 10.2. The van der Waals surface area contributed by atoms with Crippen molar-refractivity contribution in [2.45, 2.75) is 13.3 Å². The summed E-state index contributed by atoms with van der Waals surface area (Å²) in [6, 6.07) is 1.43. The molecule has 1 amide bonds. The summed E-state index contributed by atoms with van der Waals surface area (Å²) in [4.78, 5) is 19.2. The van der Waals surface area contributed by atoms with Crippen molar-refractivity contribution in [2.75, 3.05) is 17.6 Å². The summed E-state index contributed by atoms with van der Waals surface area (Å²) < 4.78 is 4.85. The number of carbonyl (C=O) groups excluding carboxylic acids is 1. The van der Waals surface area contributed by atoms with Gasteiger partial charge in [0.05, 0.1) is 17.4 Å². The normalized spacial score (nSPS) is 10.4. The second-order valence-electron chi connectivity index (χ2n) is 3.93. The average molecular weight is 262 g/mol. The highest BCUT2D eigenvalue weighted by molar-refractivity contribution is 5.98. The summed E-state index contributed by atoms with van der Waals surface area (Å²) in [6.07, 6.45) is 2.02. The smallest absolute Gasteiger partial charge is 0.250 e. The molecular weight excluding hydrogens is 248 g/mol. The first-order valence-electron chi connectivity index (χ1n) is 5.64. The zero-order chi connectivity index (χ0) is 13.8. The number of pyridine rings is 1. The van der Waals surface area contributed by atoms with Gasteiger partial charge in [0.15, 0.2) is 5.82 Å². The van der Waals surface area contributed by atoms with Crippen LogP contribution in [0.5, 0.6) is 0 Å². The molecule has 0 radical (unpaired) electrons. The fourth-order valence-corrected chi connectivity index (χ4v) is 1.57. The molecule has 0 bridgehead atoms. The standard InChI is InChI=1S/C11H14N6O2/c1-6-16-10(17-19-6)2-3-14-8-5-15-9(12)4-7(8)11(13)18/h4-5,14H,2-3H2,1H3,(H2,12,15)(H2,13,18). The van der Waals surface area contributed by atoms with Gasteiger partial charge < -0.3 is 21.3 Å². The first kappa shape index (κ1) is 12.8. The number of hydrogen-bond acceptors (Lipinski definition) is 7. The van der Waals surface area contributed by atoms with Gasteiger partial charge in [-0.2, -0.15) is 4.98 Å². The maximum absolute atomic E-state index is 11.3. The maximum Gasteiger partial charge on any atom is 0.250 e. The predicted octanol–water partition coefficient (Wildman–Crippen LogP) is 0.109. The van der Waals surface area contributed by atoms with Crippen molar-refractivity contribution in [3.63, 3.8) is 0 Å². The predicted molar refractivity (Wildman–Crippen MR) is 68.4 cm³/mol. The van der Waals surface area contributed by atoms with Crippen molar-refractivity contribution in [1.29, 1.82) is 0 Å². The number of aryl methyl sites for hydroxylation is 1. The van der Waals surface area contributed by atoms with Crippen LogP contribution in [0.3, 0.4) is 0 Å². The number of primary amides is 1. The zero-order valence-corrected chi connectivity index (χ0v) is 10.4. The lowest BCUT2D eigenvalue weighted by Gasteiger charge is -2.08. The van der Waals surface area contributed by atoms with E-state index in [9.17, 15) is 4.79 Å². The van der Waals surface area contributed by atoms with Crippen LogP contribution in [0, 0.1) is 6.92 Å². The third kappa shape index (κ3) is 3.18. The van der Waals surface area contributed by atoms with Gasteiger partial charge in [0, 0.05) is 19.9 Å². The van der Waals surface area contributed by atoms with Crippen molar-refractivity contribution in [3.05, 3.63) is 29.5 Å². The van der Waals surface area contributed by atoms with E-state index in [0.29, 0.717) is 35.9 Å². The Balaban J connectivity index is 2.01. The van der Waals surface area contributed by atoms with Crippen LogP contribution in [0.2, 0.25) is 0 Å². The fourth-order valence-electron chi connectivity index (χ4n) is 1.57. The van der Waals surface area contributed by atoms with Gasteiger partial charge in [0.1, 0.15) is 5.82 Å². The Hall–Kier alpha value is -2.64. The maximum atomic E-state index is 11.3. The molecule has 2 rings (SSSR count). The molecule has 0 aliphatic heterocycles. The quantitative estimate of drug-likeness (QED) is 0.696. The first-order valence-corrected chi connectivity index (χ1v) is 5.64. The first-order chi connectivity index (χ1) is 9.06. The number of carbonyl (C=O) groups is 1. The SMILES string of the molecule is Cc1nc(CCNc2cnc(N)cc2C(N)=O)no1. The van der Waals surface area contributed by atoms with E-state index in [1.165, 1.54) is 12.3 Å². The van der Waals surface area contributed by atoms with Crippen molar-refractivity contribution >= 4 is 17.4 Å². The summed E-state index contributed by atoms with van der Waals surface area (Å²) in [5.74, 6) is 0.788. The minimum Gasteiger partial charge on any atom is -0.384 e. The third-order valence-corrected chi connectivity index (χ3v) is 2.42. The molecule has 8 heteroatoms. The number of nitrogens with zero attached hydrogens (tertiary/aromatic N) is 3. The Morgan fingerprint density at radius 2 is 2.32 bits per heavy atom. The summed E-state index contributed by atoms with van der Waals surface area (Å²) in [5.41, 5.74) is 11.6. The lowest BCUT2D eigenvalue weighted by Crippen LogP contribution is -2.16. The van der Waals surface area contributed by atoms with Crippen LogP contribution in [-0.4, -0.2) is 27.6 Å². The topological polar surface area (TPSA) is 133 Å². The summed E-state index contributed by atoms with van der Waals surface area (Å²) >= 11 is 0. The molecule has 0 fully saturated rings. The molecule has 8 nitrogen and oxygen atoms in total. The van der Waals surface area contributed by atoms with E-state index in [4.69, 9.17) is 16.0 Å². The van der Waals surface area contributed by atoms with Gasteiger partial charge in [-0.05, 0) is 6.07 Å². The number of nitrogen functional groups attached to an aromatic ring is 1. The molecule has 0 saturated carbocycles. The highest BCUT2D eigenvalue weighted by Crippen LogP contribution is 2.15. The van der Waals surface area contributed by atoms with E-state index in [2.05, 4.69) is 20.4 Å². The van der Waals surface area contributed by atoms with E-state index in [-0.39, 0.29) is 5.82 Å². The Morgan fingerprint density at radius 1 is 1.53 bits per heavy atom. The van der Waals surface area contributed by atoms with Gasteiger partial charge >= 0.3 is 0 Å². The summed E-state index contributed by atoms with van der Waals surface area (Å²) in [6.45, 7) is 2.24. The Bertz CT molecular complexity index is 595. The largest absolute Gasteiger partial charge is 0.384 e. The molecule has 5 N–H and O–H groups in total. The van der Waals surface area contributed by atoms with Gasteiger partial charge in [-0.25, -0.2) is 4.98 Å². The van der Waals surface area contributed by atoms with Crippen LogP contribution >= 0.6 is 0 Å². The minimum absolute atomic E-state index is 0.244. The fraction of sp³-hybridized carbons (Fsp3) is 0.273. The van der Waals surface area contributed by atoms with Crippen LogP contribution < -0.4 is 16.8 Å². The van der Waals surface area contributed by atoms with Crippen LogP contribution in [0.25, 0.3) is 0 Å². The molecule has 0 spiro atoms. The van der Waals surface area contributed by atoms with Crippen molar-refractivity contribution in [1.82, 2.24) is 15.1 Å². The Morgan fingerprint density at radius 3 is 2.95 bits per heavy atom. The van der Waals surface area contributed by atoms with Gasteiger partial charge in [-0.1, -0.05) is 5.16 Å². The minimum atomic E-state index is -0.563. The highest BCUT2D eigenvalue weighted by Gasteiger charge is 2.09. The Labute approximate surface area is 109 Å². The monoisotopic (exact) mass is 262 g/mol. The lowest BCUT2D eigenvalue weighted by molar-refractivity contribution is 0.100. The van der Waals surface area contributed by atoms with Gasteiger partial charge in [-0.15, -0.1) is 0 Å². The number of nitrogens with two attached hydrogens (primary N) is 2. The summed E-state index contributed by atoms with van der Waals surface area (Å²) in [5, 5.41) is 6.80. The van der Waals surface area contributed by atoms with Crippen molar-refractivity contribution in [2.24, 2.45) is 5.73 Å². The number of amides is 1. The zero-order valence-electron chi connectivity index (χ0n) is 10.4. The average Bonchev–Trinajstić information content (AvgIpc) is 2.77. The van der Waals surface area contributed by atoms with Crippen LogP contribution in [-0.2, 0) is 6.42 Å². The van der Waals surface area contributed by atoms with E-state index in [0.717, 1.165) is 0 Å². The van der Waals surface area contributed by atoms with Crippen molar-refractivity contribution < 1.29 is 9.32 Å². The van der Waals surface area contributed by atoms with Crippen LogP contribution in [0.1, 0.15) is 22.1 Å². The van der Waals surface area contributed by atoms with Gasteiger partial charge in [0.2, 0.25) is 5.89 Å². The molecule has 0 unspecified atom stereocenters. The molecule has 0 aliphatic carbocycles. The van der Waals surface area contributed by atoms with Gasteiger partial charge in [0.25, 0.3) is 5.91 Å². The van der Waals surface area contributed by atoms with E-state index >= 15 is 0 Å². The molecular formula is C11H14N6O2. The highest BCUT2D eigenvalue weighted by atomic mass is 16.5. The van der Waals surface area contributed by atoms with Crippen molar-refractivity contribution in [3.8, 4) is 0 Å². The molecule has 19 heavy (non-hydrogen) atoms. The number of aromatic nitrogens is 3. The van der Waals surface area contributed by atoms with E-state index in [1.807, 2.05) is 0 Å². The Kier molecular flexibility index (Phi) is 3.60. The third-order valence-electron chi connectivity index (χ3n) is 2.42. The molecule has 2 heterocycles.